The van der Waals surface area contributed by atoms with Crippen molar-refractivity contribution >= 4 is 78.1 Å². The van der Waals surface area contributed by atoms with Gasteiger partial charge < -0.3 is 10.2 Å². The molecule has 8 heteroatoms. The molecule has 0 atom stereocenters. The summed E-state index contributed by atoms with van der Waals surface area (Å²) in [5.74, 6) is -1.33. The second-order valence-electron chi connectivity index (χ2n) is 23.7. The number of phenolic OH excluding ortho intramolecular Hbond substituents is 1. The number of imide groups is 2. The normalized spacial score (nSPS) is 13.5. The molecule has 0 aliphatic carbocycles. The topological polar surface area (TPSA) is 115 Å². The lowest BCUT2D eigenvalue weighted by atomic mass is 9.82. The molecule has 7 aromatic carbocycles. The minimum absolute atomic E-state index is 0.112. The van der Waals surface area contributed by atoms with Crippen LogP contribution in [0.15, 0.2) is 84.9 Å². The number of aliphatic hydroxyl groups is 1. The lowest BCUT2D eigenvalue weighted by Gasteiger charge is -2.31. The van der Waals surface area contributed by atoms with Crippen LogP contribution in [0.25, 0.3) is 43.1 Å². The number of hydrogen-bond donors (Lipinski definition) is 2. The summed E-state index contributed by atoms with van der Waals surface area (Å²) in [6.45, 7) is 4.75. The summed E-state index contributed by atoms with van der Waals surface area (Å²) in [5.41, 5.74) is 6.05. The predicted octanol–water partition coefficient (Wildman–Crippen LogP) is 19.4. The molecule has 4 amide bonds. The first-order valence-electron chi connectivity index (χ1n) is 31.8. The highest BCUT2D eigenvalue weighted by atomic mass is 16.3. The molecule has 9 rings (SSSR count). The van der Waals surface area contributed by atoms with Gasteiger partial charge in [-0.1, -0.05) is 217 Å². The molecule has 0 unspecified atom stereocenters. The Morgan fingerprint density at radius 3 is 1.00 bits per heavy atom. The predicted molar refractivity (Wildman–Crippen MR) is 333 cm³/mol. The van der Waals surface area contributed by atoms with E-state index in [1.807, 2.05) is 54.6 Å². The first-order chi connectivity index (χ1) is 39.3. The van der Waals surface area contributed by atoms with Gasteiger partial charge in [-0.2, -0.15) is 0 Å². The largest absolute Gasteiger partial charge is 0.508 e. The molecule has 7 aromatic rings. The van der Waals surface area contributed by atoms with Gasteiger partial charge in [0.1, 0.15) is 5.75 Å². The quantitative estimate of drug-likeness (QED) is 0.0175. The van der Waals surface area contributed by atoms with E-state index >= 15 is 9.59 Å². The molecule has 0 aromatic heterocycles. The number of phenols is 1. The van der Waals surface area contributed by atoms with E-state index in [-0.39, 0.29) is 24.2 Å². The second-order valence-corrected chi connectivity index (χ2v) is 23.7. The van der Waals surface area contributed by atoms with Crippen molar-refractivity contribution in [1.82, 2.24) is 0 Å². The van der Waals surface area contributed by atoms with E-state index in [9.17, 15) is 19.8 Å². The molecule has 0 bridgehead atoms. The number of aliphatic hydroxyl groups excluding tert-OH is 1. The highest BCUT2D eigenvalue weighted by molar-refractivity contribution is 6.45. The van der Waals surface area contributed by atoms with Gasteiger partial charge in [0.25, 0.3) is 23.6 Å². The van der Waals surface area contributed by atoms with Gasteiger partial charge in [-0.05, 0) is 142 Å². The van der Waals surface area contributed by atoms with E-state index in [0.29, 0.717) is 50.8 Å². The number of amides is 4. The summed E-state index contributed by atoms with van der Waals surface area (Å²) in [6, 6.07) is 26.5. The van der Waals surface area contributed by atoms with Crippen LogP contribution in [0.2, 0.25) is 0 Å². The molecule has 0 saturated heterocycles. The summed E-state index contributed by atoms with van der Waals surface area (Å²) in [4.78, 5) is 62.4. The Balaban J connectivity index is 0.924. The van der Waals surface area contributed by atoms with Crippen LogP contribution in [-0.4, -0.2) is 40.4 Å². The summed E-state index contributed by atoms with van der Waals surface area (Å²) < 4.78 is 0. The fourth-order valence-electron chi connectivity index (χ4n) is 13.4. The molecule has 8 nitrogen and oxygen atoms in total. The van der Waals surface area contributed by atoms with Crippen LogP contribution in [-0.2, 0) is 19.3 Å². The molecule has 0 spiro atoms. The third-order valence-electron chi connectivity index (χ3n) is 17.8. The third-order valence-corrected chi connectivity index (χ3v) is 17.8. The van der Waals surface area contributed by atoms with Crippen LogP contribution < -0.4 is 9.80 Å². The number of fused-ring (bicyclic) bond motifs is 2. The Labute approximate surface area is 477 Å². The standard InChI is InChI=1S/C72H90N2O6/c1-3-5-7-9-11-13-15-17-19-21-23-25-30-34-52-49-51(33-29-27-28-32-48-75)36-46-63(52)73-69(77)59-42-38-55-57-40-44-61-68-62(45-41-58(66(57)68)56-39-43-60(70(73)78)67(59)65(55)56)72(80)74(71(61)79)64-47-37-54(76)50-53(64)35-31-26-24-22-20-18-16-14-12-10-8-6-4-2/h36-47,49-50,75-76H,3-35,48H2,1-2H3. The van der Waals surface area contributed by atoms with E-state index in [1.165, 1.54) is 150 Å². The van der Waals surface area contributed by atoms with Gasteiger partial charge in [0.15, 0.2) is 0 Å². The van der Waals surface area contributed by atoms with Crippen molar-refractivity contribution < 1.29 is 29.4 Å². The molecular weight excluding hydrogens is 989 g/mol. The Morgan fingerprint density at radius 2 is 0.637 bits per heavy atom. The van der Waals surface area contributed by atoms with Crippen molar-refractivity contribution in [1.29, 1.82) is 0 Å². The fourth-order valence-corrected chi connectivity index (χ4v) is 13.4. The summed E-state index contributed by atoms with van der Waals surface area (Å²) >= 11 is 0. The van der Waals surface area contributed by atoms with Crippen LogP contribution in [0.5, 0.6) is 5.75 Å². The van der Waals surface area contributed by atoms with Gasteiger partial charge in [0, 0.05) is 39.6 Å². The minimum atomic E-state index is -0.393. The first kappa shape index (κ1) is 58.5. The van der Waals surface area contributed by atoms with E-state index in [4.69, 9.17) is 0 Å². The van der Waals surface area contributed by atoms with Gasteiger partial charge >= 0.3 is 0 Å². The van der Waals surface area contributed by atoms with Gasteiger partial charge in [-0.3, -0.25) is 19.2 Å². The third kappa shape index (κ3) is 13.3. The average Bonchev–Trinajstić information content (AvgIpc) is 1.56. The monoisotopic (exact) mass is 1080 g/mol. The fraction of sp³-hybridized carbons (Fsp3) is 0.500. The molecule has 80 heavy (non-hydrogen) atoms. The zero-order valence-electron chi connectivity index (χ0n) is 48.5. The van der Waals surface area contributed by atoms with Crippen LogP contribution in [0.3, 0.4) is 0 Å². The number of aromatic hydroxyl groups is 1. The molecular formula is C72H90N2O6. The SMILES string of the molecule is CCCCCCCCCCCCCCCc1cc(O)ccc1N1C(=O)c2ccc3c4ccc5c6c(ccc(c7ccc(c2c37)C1=O)c64)C(=O)N(c1ccc(CCCCCCO)cc1CCCCCCCCCCCCCCC)C5=O. The molecule has 2 aliphatic heterocycles. The highest BCUT2D eigenvalue weighted by Gasteiger charge is 2.39. The molecule has 0 saturated carbocycles. The van der Waals surface area contributed by atoms with Crippen LogP contribution in [0.1, 0.15) is 265 Å². The number of aryl methyl sites for hydroxylation is 3. The Bertz CT molecular complexity index is 3120. The minimum Gasteiger partial charge on any atom is -0.508 e. The van der Waals surface area contributed by atoms with Crippen molar-refractivity contribution in [3.8, 4) is 5.75 Å². The van der Waals surface area contributed by atoms with Crippen LogP contribution in [0, 0.1) is 0 Å². The van der Waals surface area contributed by atoms with Crippen LogP contribution in [0.4, 0.5) is 11.4 Å². The molecule has 2 heterocycles. The van der Waals surface area contributed by atoms with Crippen molar-refractivity contribution in [2.24, 2.45) is 0 Å². The number of carbonyl (C=O) groups excluding carboxylic acids is 4. The maximum Gasteiger partial charge on any atom is 0.265 e. The zero-order chi connectivity index (χ0) is 55.8. The lowest BCUT2D eigenvalue weighted by molar-refractivity contribution is 0.0877. The zero-order valence-corrected chi connectivity index (χ0v) is 48.5. The number of anilines is 2. The van der Waals surface area contributed by atoms with Crippen molar-refractivity contribution in [3.63, 3.8) is 0 Å². The summed E-state index contributed by atoms with van der Waals surface area (Å²) in [7, 11) is 0. The smallest absolute Gasteiger partial charge is 0.265 e. The highest BCUT2D eigenvalue weighted by Crippen LogP contribution is 2.48. The van der Waals surface area contributed by atoms with Crippen LogP contribution >= 0.6 is 0 Å². The number of benzene rings is 7. The molecule has 0 fully saturated rings. The second kappa shape index (κ2) is 29.0. The van der Waals surface area contributed by atoms with Crippen molar-refractivity contribution in [3.05, 3.63) is 124 Å². The average molecular weight is 1080 g/mol. The van der Waals surface area contributed by atoms with Crippen molar-refractivity contribution in [2.45, 2.75) is 226 Å². The maximum atomic E-state index is 15.0. The Hall–Kier alpha value is -6.12. The van der Waals surface area contributed by atoms with E-state index in [2.05, 4.69) is 26.0 Å². The molecule has 0 radical (unpaired) electrons. The molecule has 2 N–H and O–H groups in total. The molecule has 2 aliphatic rings. The van der Waals surface area contributed by atoms with Gasteiger partial charge in [0.2, 0.25) is 0 Å². The molecule has 424 valence electrons. The maximum absolute atomic E-state index is 15.0. The van der Waals surface area contributed by atoms with E-state index in [1.54, 1.807) is 18.2 Å². The van der Waals surface area contributed by atoms with Gasteiger partial charge in [-0.25, -0.2) is 9.80 Å². The van der Waals surface area contributed by atoms with E-state index in [0.717, 1.165) is 114 Å². The lowest BCUT2D eigenvalue weighted by Crippen LogP contribution is -2.41. The number of nitrogens with zero attached hydrogens (tertiary/aromatic N) is 2. The Kier molecular flexibility index (Phi) is 21.2. The number of rotatable bonds is 36. The summed E-state index contributed by atoms with van der Waals surface area (Å²) in [6.07, 6.45) is 38.9. The summed E-state index contributed by atoms with van der Waals surface area (Å²) in [5, 5.41) is 26.3. The number of unbranched alkanes of at least 4 members (excludes halogenated alkanes) is 27. The van der Waals surface area contributed by atoms with Crippen molar-refractivity contribution in [2.75, 3.05) is 16.4 Å². The van der Waals surface area contributed by atoms with Gasteiger partial charge in [-0.15, -0.1) is 0 Å². The number of hydrogen-bond acceptors (Lipinski definition) is 6. The van der Waals surface area contributed by atoms with E-state index < -0.39 is 11.8 Å². The van der Waals surface area contributed by atoms with Gasteiger partial charge in [0.05, 0.1) is 11.4 Å². The first-order valence-corrected chi connectivity index (χ1v) is 31.8. The number of carbonyl (C=O) groups is 4. The Morgan fingerprint density at radius 1 is 0.325 bits per heavy atom.